The molecule has 1 rings (SSSR count). The molecule has 0 aliphatic carbocycles. The molecule has 0 aliphatic rings. The van der Waals surface area contributed by atoms with Crippen LogP contribution in [0.2, 0.25) is 0 Å². The van der Waals surface area contributed by atoms with E-state index in [4.69, 9.17) is 5.26 Å². The third kappa shape index (κ3) is 5.21. The van der Waals surface area contributed by atoms with E-state index in [9.17, 15) is 4.79 Å². The van der Waals surface area contributed by atoms with Gasteiger partial charge in [-0.3, -0.25) is 4.79 Å². The summed E-state index contributed by atoms with van der Waals surface area (Å²) in [6.45, 7) is 7.44. The fourth-order valence-corrected chi connectivity index (χ4v) is 1.33. The number of hydrogen-bond donors (Lipinski definition) is 2. The maximum Gasteiger partial charge on any atom is 0.263 e. The average Bonchev–Trinajstić information content (AvgIpc) is 2.27. The summed E-state index contributed by atoms with van der Waals surface area (Å²) < 4.78 is 0. The van der Waals surface area contributed by atoms with Gasteiger partial charge in [0.1, 0.15) is 17.5 Å². The Morgan fingerprint density at radius 1 is 1.42 bits per heavy atom. The van der Waals surface area contributed by atoms with Crippen molar-refractivity contribution in [3.63, 3.8) is 0 Å². The van der Waals surface area contributed by atoms with Gasteiger partial charge in [-0.05, 0) is 39.8 Å². The van der Waals surface area contributed by atoms with Gasteiger partial charge < -0.3 is 10.6 Å². The molecule has 5 heteroatoms. The second kappa shape index (κ2) is 6.01. The number of hydrogen-bond acceptors (Lipinski definition) is 4. The Morgan fingerprint density at radius 2 is 2.11 bits per heavy atom. The molecule has 0 bridgehead atoms. The lowest BCUT2D eigenvalue weighted by atomic mass is 10.1. The van der Waals surface area contributed by atoms with Crippen molar-refractivity contribution < 1.29 is 4.79 Å². The molecule has 0 aromatic carbocycles. The third-order valence-corrected chi connectivity index (χ3v) is 2.11. The maximum atomic E-state index is 11.8. The minimum atomic E-state index is -0.407. The molecule has 100 valence electrons. The van der Waals surface area contributed by atoms with Crippen LogP contribution in [0.15, 0.2) is 30.0 Å². The fourth-order valence-electron chi connectivity index (χ4n) is 1.33. The number of carbonyl (C=O) groups is 1. The van der Waals surface area contributed by atoms with Gasteiger partial charge >= 0.3 is 0 Å². The van der Waals surface area contributed by atoms with Gasteiger partial charge in [0, 0.05) is 17.4 Å². The highest BCUT2D eigenvalue weighted by molar-refractivity contribution is 5.97. The minimum absolute atomic E-state index is 0.0123. The number of carbonyl (C=O) groups excluding carboxylic acids is 1. The first kappa shape index (κ1) is 14.7. The molecule has 0 fully saturated rings. The van der Waals surface area contributed by atoms with E-state index in [0.717, 1.165) is 5.69 Å². The lowest BCUT2D eigenvalue weighted by Crippen LogP contribution is -2.41. The van der Waals surface area contributed by atoms with Crippen LogP contribution in [-0.2, 0) is 4.79 Å². The van der Waals surface area contributed by atoms with Crippen molar-refractivity contribution in [2.75, 3.05) is 5.32 Å². The van der Waals surface area contributed by atoms with Gasteiger partial charge in [0.25, 0.3) is 5.91 Å². The number of aryl methyl sites for hydroxylation is 1. The SMILES string of the molecule is Cc1cccc(N/C=C(/C#N)C(=O)NC(C)(C)C)n1. The molecule has 1 heterocycles. The number of amides is 1. The molecular weight excluding hydrogens is 240 g/mol. The molecule has 1 aromatic rings. The van der Waals surface area contributed by atoms with Crippen molar-refractivity contribution in [1.29, 1.82) is 5.26 Å². The summed E-state index contributed by atoms with van der Waals surface area (Å²) in [5.74, 6) is 0.187. The zero-order valence-electron chi connectivity index (χ0n) is 11.6. The minimum Gasteiger partial charge on any atom is -0.347 e. The van der Waals surface area contributed by atoms with E-state index in [1.807, 2.05) is 45.9 Å². The monoisotopic (exact) mass is 258 g/mol. The zero-order valence-corrected chi connectivity index (χ0v) is 11.6. The van der Waals surface area contributed by atoms with Crippen molar-refractivity contribution >= 4 is 11.7 Å². The van der Waals surface area contributed by atoms with Crippen LogP contribution >= 0.6 is 0 Å². The Hall–Kier alpha value is -2.35. The van der Waals surface area contributed by atoms with Crippen LogP contribution in [0, 0.1) is 18.3 Å². The molecule has 19 heavy (non-hydrogen) atoms. The highest BCUT2D eigenvalue weighted by atomic mass is 16.1. The Balaban J connectivity index is 2.78. The van der Waals surface area contributed by atoms with Crippen molar-refractivity contribution in [1.82, 2.24) is 10.3 Å². The number of anilines is 1. The number of rotatable bonds is 3. The lowest BCUT2D eigenvalue weighted by Gasteiger charge is -2.19. The molecule has 0 spiro atoms. The molecular formula is C14H18N4O. The van der Waals surface area contributed by atoms with Gasteiger partial charge in [-0.25, -0.2) is 4.98 Å². The maximum absolute atomic E-state index is 11.8. The predicted octanol–water partition coefficient (Wildman–Crippen LogP) is 2.12. The molecule has 0 aliphatic heterocycles. The van der Waals surface area contributed by atoms with Crippen LogP contribution in [0.4, 0.5) is 5.82 Å². The van der Waals surface area contributed by atoms with E-state index >= 15 is 0 Å². The molecule has 0 saturated carbocycles. The second-order valence-corrected chi connectivity index (χ2v) is 5.18. The first-order chi connectivity index (χ1) is 8.81. The Labute approximate surface area is 113 Å². The fraction of sp³-hybridized carbons (Fsp3) is 0.357. The van der Waals surface area contributed by atoms with Crippen LogP contribution in [0.1, 0.15) is 26.5 Å². The number of pyridine rings is 1. The standard InChI is InChI=1S/C14H18N4O/c1-10-6-5-7-12(17-10)16-9-11(8-15)13(19)18-14(2,3)4/h5-7,9H,1-4H3,(H,16,17)(H,18,19)/b11-9-. The van der Waals surface area contributed by atoms with Crippen LogP contribution in [0.5, 0.6) is 0 Å². The first-order valence-corrected chi connectivity index (χ1v) is 5.95. The molecule has 0 atom stereocenters. The van der Waals surface area contributed by atoms with Gasteiger partial charge in [0.05, 0.1) is 0 Å². The van der Waals surface area contributed by atoms with Crippen LogP contribution in [0.3, 0.4) is 0 Å². The molecule has 2 N–H and O–H groups in total. The molecule has 5 nitrogen and oxygen atoms in total. The molecule has 1 aromatic heterocycles. The smallest absolute Gasteiger partial charge is 0.263 e. The number of aromatic nitrogens is 1. The summed E-state index contributed by atoms with van der Waals surface area (Å²) >= 11 is 0. The summed E-state index contributed by atoms with van der Waals surface area (Å²) in [5.41, 5.74) is 0.489. The third-order valence-electron chi connectivity index (χ3n) is 2.11. The molecule has 1 amide bonds. The van der Waals surface area contributed by atoms with E-state index in [2.05, 4.69) is 15.6 Å². The normalized spacial score (nSPS) is 11.6. The summed E-state index contributed by atoms with van der Waals surface area (Å²) in [5, 5.41) is 14.6. The molecule has 0 saturated heterocycles. The average molecular weight is 258 g/mol. The zero-order chi connectivity index (χ0) is 14.5. The Kier molecular flexibility index (Phi) is 4.65. The van der Waals surface area contributed by atoms with Gasteiger partial charge in [-0.1, -0.05) is 6.07 Å². The van der Waals surface area contributed by atoms with Gasteiger partial charge in [-0.2, -0.15) is 5.26 Å². The Morgan fingerprint density at radius 3 is 2.63 bits per heavy atom. The lowest BCUT2D eigenvalue weighted by molar-refractivity contribution is -0.118. The van der Waals surface area contributed by atoms with E-state index in [0.29, 0.717) is 5.82 Å². The van der Waals surface area contributed by atoms with Gasteiger partial charge in [0.15, 0.2) is 0 Å². The van der Waals surface area contributed by atoms with E-state index < -0.39 is 5.91 Å². The number of nitrogens with zero attached hydrogens (tertiary/aromatic N) is 2. The molecule has 0 unspecified atom stereocenters. The molecule has 0 radical (unpaired) electrons. The van der Waals surface area contributed by atoms with Crippen molar-refractivity contribution in [2.24, 2.45) is 0 Å². The van der Waals surface area contributed by atoms with Crippen molar-refractivity contribution in [3.05, 3.63) is 35.7 Å². The van der Waals surface area contributed by atoms with Crippen LogP contribution < -0.4 is 10.6 Å². The summed E-state index contributed by atoms with van der Waals surface area (Å²) in [6.07, 6.45) is 1.36. The van der Waals surface area contributed by atoms with Gasteiger partial charge in [0.2, 0.25) is 0 Å². The van der Waals surface area contributed by atoms with Crippen molar-refractivity contribution in [3.8, 4) is 6.07 Å². The summed E-state index contributed by atoms with van der Waals surface area (Å²) in [7, 11) is 0. The van der Waals surface area contributed by atoms with E-state index in [1.165, 1.54) is 6.20 Å². The van der Waals surface area contributed by atoms with E-state index in [1.54, 1.807) is 6.07 Å². The summed E-state index contributed by atoms with van der Waals surface area (Å²) in [6, 6.07) is 7.35. The summed E-state index contributed by atoms with van der Waals surface area (Å²) in [4.78, 5) is 16.0. The van der Waals surface area contributed by atoms with Crippen LogP contribution in [0.25, 0.3) is 0 Å². The van der Waals surface area contributed by atoms with E-state index in [-0.39, 0.29) is 11.1 Å². The van der Waals surface area contributed by atoms with Crippen molar-refractivity contribution in [2.45, 2.75) is 33.2 Å². The predicted molar refractivity (Wildman–Crippen MR) is 74.2 cm³/mol. The quantitative estimate of drug-likeness (QED) is 0.643. The second-order valence-electron chi connectivity index (χ2n) is 5.18. The first-order valence-electron chi connectivity index (χ1n) is 5.95. The Bertz CT molecular complexity index is 535. The largest absolute Gasteiger partial charge is 0.347 e. The van der Waals surface area contributed by atoms with Gasteiger partial charge in [-0.15, -0.1) is 0 Å². The van der Waals surface area contributed by atoms with Crippen LogP contribution in [-0.4, -0.2) is 16.4 Å². The number of nitriles is 1. The highest BCUT2D eigenvalue weighted by Crippen LogP contribution is 2.06. The number of nitrogens with one attached hydrogen (secondary N) is 2. The highest BCUT2D eigenvalue weighted by Gasteiger charge is 2.17. The topological polar surface area (TPSA) is 77.8 Å².